The average molecular weight is 146 g/mol. The molecular weight excluding hydrogens is 132 g/mol. The monoisotopic (exact) mass is 146 g/mol. The Bertz CT molecular complexity index is 89.4. The molecule has 1 aliphatic rings. The summed E-state index contributed by atoms with van der Waals surface area (Å²) in [6.45, 7) is 5.62. The van der Waals surface area contributed by atoms with Gasteiger partial charge in [0.05, 0.1) is 12.2 Å². The van der Waals surface area contributed by atoms with Crippen molar-refractivity contribution in [3.8, 4) is 0 Å². The predicted octanol–water partition coefficient (Wildman–Crippen LogP) is 0.517. The van der Waals surface area contributed by atoms with E-state index in [2.05, 4.69) is 0 Å². The minimum atomic E-state index is -0.758. The van der Waals surface area contributed by atoms with Gasteiger partial charge < -0.3 is 14.6 Å². The fourth-order valence-electron chi connectivity index (χ4n) is 0.958. The molecule has 0 aliphatic carbocycles. The van der Waals surface area contributed by atoms with Gasteiger partial charge in [0, 0.05) is 0 Å². The number of aliphatic hydroxyl groups is 1. The number of hydrogen-bond acceptors (Lipinski definition) is 3. The Balaban J connectivity index is 2.46. The van der Waals surface area contributed by atoms with Crippen LogP contribution in [0.4, 0.5) is 0 Å². The van der Waals surface area contributed by atoms with Gasteiger partial charge in [0.2, 0.25) is 0 Å². The molecule has 3 heteroatoms. The van der Waals surface area contributed by atoms with Gasteiger partial charge in [-0.1, -0.05) is 0 Å². The first-order valence-corrected chi connectivity index (χ1v) is 3.60. The van der Waals surface area contributed by atoms with Crippen LogP contribution in [0.25, 0.3) is 0 Å². The Morgan fingerprint density at radius 3 is 1.90 bits per heavy atom. The Kier molecular flexibility index (Phi) is 2.28. The minimum Gasteiger partial charge on any atom is -0.368 e. The normalized spacial score (nSPS) is 49.2. The fraction of sp³-hybridized carbons (Fsp3) is 1.00. The second-order valence-corrected chi connectivity index (χ2v) is 2.78. The average Bonchev–Trinajstić information content (AvgIpc) is 1.84. The quantitative estimate of drug-likeness (QED) is 0.541. The van der Waals surface area contributed by atoms with E-state index in [9.17, 15) is 0 Å². The van der Waals surface area contributed by atoms with Crippen LogP contribution in [0.15, 0.2) is 0 Å². The highest BCUT2D eigenvalue weighted by Crippen LogP contribution is 2.17. The molecule has 1 N–H and O–H groups in total. The molecule has 0 amide bonds. The molecule has 0 saturated carbocycles. The van der Waals surface area contributed by atoms with Crippen LogP contribution in [0.2, 0.25) is 0 Å². The topological polar surface area (TPSA) is 38.7 Å². The minimum absolute atomic E-state index is 0.00815. The van der Waals surface area contributed by atoms with Gasteiger partial charge in [0.1, 0.15) is 6.10 Å². The number of hydrogen-bond donors (Lipinski definition) is 1. The maximum Gasteiger partial charge on any atom is 0.181 e. The van der Waals surface area contributed by atoms with E-state index in [4.69, 9.17) is 14.6 Å². The molecule has 1 heterocycles. The third-order valence-corrected chi connectivity index (χ3v) is 1.85. The second-order valence-electron chi connectivity index (χ2n) is 2.78. The molecule has 3 nitrogen and oxygen atoms in total. The van der Waals surface area contributed by atoms with Gasteiger partial charge in [0.25, 0.3) is 0 Å². The van der Waals surface area contributed by atoms with E-state index in [1.54, 1.807) is 6.92 Å². The fourth-order valence-corrected chi connectivity index (χ4v) is 0.958. The lowest BCUT2D eigenvalue weighted by molar-refractivity contribution is -0.271. The summed E-state index contributed by atoms with van der Waals surface area (Å²) in [5.41, 5.74) is 0. The summed E-state index contributed by atoms with van der Waals surface area (Å²) in [5, 5.41) is 9.12. The smallest absolute Gasteiger partial charge is 0.181 e. The second kappa shape index (κ2) is 2.86. The highest BCUT2D eigenvalue weighted by Gasteiger charge is 2.29. The SMILES string of the molecule is CC1OC(C)C(O)OC1C. The third kappa shape index (κ3) is 1.48. The molecule has 1 fully saturated rings. The predicted molar refractivity (Wildman–Crippen MR) is 36.6 cm³/mol. The third-order valence-electron chi connectivity index (χ3n) is 1.85. The van der Waals surface area contributed by atoms with Crippen molar-refractivity contribution in [2.45, 2.75) is 45.4 Å². The summed E-state index contributed by atoms with van der Waals surface area (Å²) in [4.78, 5) is 0. The van der Waals surface area contributed by atoms with E-state index in [1.165, 1.54) is 0 Å². The molecule has 0 aromatic carbocycles. The number of ether oxygens (including phenoxy) is 2. The van der Waals surface area contributed by atoms with Crippen molar-refractivity contribution in [1.82, 2.24) is 0 Å². The van der Waals surface area contributed by atoms with Crippen molar-refractivity contribution >= 4 is 0 Å². The zero-order valence-corrected chi connectivity index (χ0v) is 6.57. The van der Waals surface area contributed by atoms with Gasteiger partial charge in [-0.25, -0.2) is 0 Å². The summed E-state index contributed by atoms with van der Waals surface area (Å²) in [6.07, 6.45) is -0.887. The van der Waals surface area contributed by atoms with Crippen LogP contribution < -0.4 is 0 Å². The lowest BCUT2D eigenvalue weighted by Gasteiger charge is -2.34. The van der Waals surface area contributed by atoms with Crippen molar-refractivity contribution in [2.24, 2.45) is 0 Å². The van der Waals surface area contributed by atoms with E-state index in [0.29, 0.717) is 0 Å². The van der Waals surface area contributed by atoms with Crippen LogP contribution in [0.3, 0.4) is 0 Å². The Hall–Kier alpha value is -0.120. The van der Waals surface area contributed by atoms with Crippen molar-refractivity contribution < 1.29 is 14.6 Å². The van der Waals surface area contributed by atoms with Crippen LogP contribution in [-0.4, -0.2) is 29.7 Å². The lowest BCUT2D eigenvalue weighted by atomic mass is 10.2. The summed E-state index contributed by atoms with van der Waals surface area (Å²) in [6, 6.07) is 0. The molecule has 0 bridgehead atoms. The van der Waals surface area contributed by atoms with Gasteiger partial charge in [0.15, 0.2) is 6.29 Å². The van der Waals surface area contributed by atoms with Gasteiger partial charge in [-0.15, -0.1) is 0 Å². The molecule has 1 aliphatic heterocycles. The summed E-state index contributed by atoms with van der Waals surface area (Å²) < 4.78 is 10.5. The van der Waals surface area contributed by atoms with E-state index in [1.807, 2.05) is 13.8 Å². The molecule has 4 unspecified atom stereocenters. The Morgan fingerprint density at radius 1 is 0.900 bits per heavy atom. The van der Waals surface area contributed by atoms with Gasteiger partial charge in [-0.05, 0) is 20.8 Å². The molecule has 0 aromatic rings. The molecule has 1 rings (SSSR count). The molecule has 60 valence electrons. The lowest BCUT2D eigenvalue weighted by Crippen LogP contribution is -2.45. The van der Waals surface area contributed by atoms with Crippen LogP contribution in [0.5, 0.6) is 0 Å². The van der Waals surface area contributed by atoms with Crippen LogP contribution in [0, 0.1) is 0 Å². The molecular formula is C7H14O3. The maximum absolute atomic E-state index is 9.12. The van der Waals surface area contributed by atoms with Crippen molar-refractivity contribution in [3.63, 3.8) is 0 Å². The van der Waals surface area contributed by atoms with Crippen molar-refractivity contribution in [2.75, 3.05) is 0 Å². The van der Waals surface area contributed by atoms with E-state index in [0.717, 1.165) is 0 Å². The van der Waals surface area contributed by atoms with Crippen molar-refractivity contribution in [1.29, 1.82) is 0 Å². The Labute approximate surface area is 60.9 Å². The zero-order chi connectivity index (χ0) is 7.72. The molecule has 10 heavy (non-hydrogen) atoms. The van der Waals surface area contributed by atoms with Gasteiger partial charge >= 0.3 is 0 Å². The zero-order valence-electron chi connectivity index (χ0n) is 6.57. The number of aliphatic hydroxyl groups excluding tert-OH is 1. The molecule has 4 atom stereocenters. The van der Waals surface area contributed by atoms with Crippen LogP contribution >= 0.6 is 0 Å². The summed E-state index contributed by atoms with van der Waals surface area (Å²) in [5.74, 6) is 0. The van der Waals surface area contributed by atoms with E-state index >= 15 is 0 Å². The number of rotatable bonds is 0. The van der Waals surface area contributed by atoms with Gasteiger partial charge in [-0.2, -0.15) is 0 Å². The molecule has 0 aromatic heterocycles. The van der Waals surface area contributed by atoms with Crippen molar-refractivity contribution in [3.05, 3.63) is 0 Å². The summed E-state index contributed by atoms with van der Waals surface area (Å²) >= 11 is 0. The standard InChI is InChI=1S/C7H14O3/c1-4-5(2)10-7(8)6(3)9-4/h4-8H,1-3H3. The largest absolute Gasteiger partial charge is 0.368 e. The van der Waals surface area contributed by atoms with Crippen LogP contribution in [0.1, 0.15) is 20.8 Å². The first-order valence-electron chi connectivity index (χ1n) is 3.60. The molecule has 0 spiro atoms. The van der Waals surface area contributed by atoms with E-state index in [-0.39, 0.29) is 18.3 Å². The summed E-state index contributed by atoms with van der Waals surface area (Å²) in [7, 11) is 0. The maximum atomic E-state index is 9.12. The van der Waals surface area contributed by atoms with E-state index < -0.39 is 6.29 Å². The highest BCUT2D eigenvalue weighted by molar-refractivity contribution is 4.70. The van der Waals surface area contributed by atoms with Crippen LogP contribution in [-0.2, 0) is 9.47 Å². The molecule has 0 radical (unpaired) electrons. The first kappa shape index (κ1) is 7.98. The first-order chi connectivity index (χ1) is 4.61. The van der Waals surface area contributed by atoms with Gasteiger partial charge in [-0.3, -0.25) is 0 Å². The highest BCUT2D eigenvalue weighted by atomic mass is 16.7. The Morgan fingerprint density at radius 2 is 1.40 bits per heavy atom. The molecule has 1 saturated heterocycles.